The van der Waals surface area contributed by atoms with Crippen molar-refractivity contribution in [3.63, 3.8) is 0 Å². The van der Waals surface area contributed by atoms with Crippen molar-refractivity contribution in [1.29, 1.82) is 0 Å². The largest absolute Gasteiger partial charge is 0.481 e. The molecule has 4 amide bonds. The minimum Gasteiger partial charge on any atom is -0.481 e. The summed E-state index contributed by atoms with van der Waals surface area (Å²) in [5, 5.41) is 13.6. The second kappa shape index (κ2) is 14.8. The first-order valence-corrected chi connectivity index (χ1v) is 13.7. The minimum absolute atomic E-state index is 0.0465. The van der Waals surface area contributed by atoms with E-state index < -0.39 is 53.6 Å². The lowest BCUT2D eigenvalue weighted by molar-refractivity contribution is -0.137. The highest BCUT2D eigenvalue weighted by Crippen LogP contribution is 2.44. The predicted molar refractivity (Wildman–Crippen MR) is 152 cm³/mol. The summed E-state index contributed by atoms with van der Waals surface area (Å²) in [6.45, 7) is 4.47. The zero-order valence-electron chi connectivity index (χ0n) is 23.8. The Labute approximate surface area is 243 Å². The molecule has 0 bridgehead atoms. The third-order valence-electron chi connectivity index (χ3n) is 6.99. The van der Waals surface area contributed by atoms with Crippen molar-refractivity contribution in [2.45, 2.75) is 64.5 Å². The average molecular weight is 581 g/mol. The third-order valence-corrected chi connectivity index (χ3v) is 6.99. The number of hydrogen-bond acceptors (Lipinski definition) is 7. The molecule has 224 valence electrons. The van der Waals surface area contributed by atoms with Crippen LogP contribution in [0.2, 0.25) is 0 Å². The van der Waals surface area contributed by atoms with Gasteiger partial charge in [0.2, 0.25) is 17.7 Å². The van der Waals surface area contributed by atoms with E-state index in [2.05, 4.69) is 21.5 Å². The molecule has 1 aliphatic rings. The van der Waals surface area contributed by atoms with Crippen molar-refractivity contribution < 1.29 is 38.6 Å². The fourth-order valence-corrected chi connectivity index (χ4v) is 4.64. The Morgan fingerprint density at radius 2 is 1.38 bits per heavy atom. The molecule has 0 heterocycles. The molecule has 12 nitrogen and oxygen atoms in total. The molecule has 0 fully saturated rings. The van der Waals surface area contributed by atoms with Gasteiger partial charge in [0.25, 0.3) is 0 Å². The van der Waals surface area contributed by atoms with Crippen LogP contribution >= 0.6 is 0 Å². The van der Waals surface area contributed by atoms with E-state index in [-0.39, 0.29) is 38.2 Å². The fraction of sp³-hybridized carbons (Fsp3) is 0.400. The van der Waals surface area contributed by atoms with Crippen LogP contribution in [0.1, 0.15) is 63.5 Å². The van der Waals surface area contributed by atoms with E-state index in [1.807, 2.05) is 48.5 Å². The SMILES string of the molecule is CC(CC(=O)C(C)NC(=O)C(C)NC(=O)CCCC(=O)O)C(=O)NNC(=O)OCC1c2ccccc2-c2ccccc21. The smallest absolute Gasteiger partial charge is 0.426 e. The van der Waals surface area contributed by atoms with Gasteiger partial charge in [-0.2, -0.15) is 0 Å². The van der Waals surface area contributed by atoms with Gasteiger partial charge in [-0.1, -0.05) is 55.5 Å². The van der Waals surface area contributed by atoms with Crippen molar-refractivity contribution in [3.8, 4) is 11.1 Å². The lowest BCUT2D eigenvalue weighted by Crippen LogP contribution is -2.50. The number of carboxylic acids is 1. The number of aliphatic carboxylic acids is 1. The summed E-state index contributed by atoms with van der Waals surface area (Å²) in [6, 6.07) is 13.9. The number of fused-ring (bicyclic) bond motifs is 3. The number of hydrogen-bond donors (Lipinski definition) is 5. The molecule has 0 saturated carbocycles. The highest BCUT2D eigenvalue weighted by atomic mass is 16.6. The van der Waals surface area contributed by atoms with Gasteiger partial charge in [-0.15, -0.1) is 0 Å². The maximum atomic E-state index is 12.6. The van der Waals surface area contributed by atoms with E-state index in [1.165, 1.54) is 20.8 Å². The molecule has 12 heteroatoms. The number of carbonyl (C=O) groups excluding carboxylic acids is 5. The van der Waals surface area contributed by atoms with Gasteiger partial charge in [0, 0.05) is 31.1 Å². The summed E-state index contributed by atoms with van der Waals surface area (Å²) in [7, 11) is 0. The van der Waals surface area contributed by atoms with Crippen LogP contribution in [0, 0.1) is 5.92 Å². The summed E-state index contributed by atoms with van der Waals surface area (Å²) in [5.41, 5.74) is 8.75. The summed E-state index contributed by atoms with van der Waals surface area (Å²) in [6.07, 6.45) is -1.12. The molecule has 2 aromatic carbocycles. The summed E-state index contributed by atoms with van der Waals surface area (Å²) < 4.78 is 5.38. The van der Waals surface area contributed by atoms with Crippen molar-refractivity contribution in [2.75, 3.05) is 6.61 Å². The van der Waals surface area contributed by atoms with Gasteiger partial charge in [0.05, 0.1) is 6.04 Å². The molecule has 0 radical (unpaired) electrons. The Morgan fingerprint density at radius 3 is 1.98 bits per heavy atom. The molecule has 3 rings (SSSR count). The molecule has 0 saturated heterocycles. The van der Waals surface area contributed by atoms with Crippen LogP contribution in [0.15, 0.2) is 48.5 Å². The Hall–Kier alpha value is -4.74. The number of rotatable bonds is 13. The number of Topliss-reactive ketones (excluding diaryl/α,β-unsaturated/α-hetero) is 1. The van der Waals surface area contributed by atoms with Gasteiger partial charge in [-0.05, 0) is 42.5 Å². The van der Waals surface area contributed by atoms with Crippen LogP contribution in [0.4, 0.5) is 4.79 Å². The van der Waals surface area contributed by atoms with E-state index in [0.717, 1.165) is 22.3 Å². The standard InChI is InChI=1S/C30H36N4O8/c1-17(15-25(35)18(2)32-29(40)19(3)31-26(36)13-8-14-27(37)38)28(39)33-34-30(41)42-16-24-22-11-6-4-9-20(22)21-10-5-7-12-23(21)24/h4-7,9-12,17-19,24H,8,13-16H2,1-3H3,(H,31,36)(H,32,40)(H,33,39)(H,34,41)(H,37,38). The number of carboxylic acid groups (broad SMARTS) is 1. The third kappa shape index (κ3) is 8.63. The Bertz CT molecular complexity index is 1300. The van der Waals surface area contributed by atoms with E-state index >= 15 is 0 Å². The van der Waals surface area contributed by atoms with Crippen molar-refractivity contribution in [1.82, 2.24) is 21.5 Å². The van der Waals surface area contributed by atoms with Gasteiger partial charge < -0.3 is 20.5 Å². The van der Waals surface area contributed by atoms with Gasteiger partial charge >= 0.3 is 12.1 Å². The first-order chi connectivity index (χ1) is 20.0. The molecule has 3 atom stereocenters. The minimum atomic E-state index is -1.02. The molecule has 0 spiro atoms. The van der Waals surface area contributed by atoms with E-state index in [0.29, 0.717) is 0 Å². The fourth-order valence-electron chi connectivity index (χ4n) is 4.64. The zero-order chi connectivity index (χ0) is 30.8. The van der Waals surface area contributed by atoms with Gasteiger partial charge in [0.1, 0.15) is 12.6 Å². The highest BCUT2D eigenvalue weighted by Gasteiger charge is 2.29. The molecule has 0 aromatic heterocycles. The normalized spacial score (nSPS) is 13.9. The number of ketones is 1. The Balaban J connectivity index is 1.39. The molecule has 0 aliphatic heterocycles. The van der Waals surface area contributed by atoms with Crippen molar-refractivity contribution in [3.05, 3.63) is 59.7 Å². The van der Waals surface area contributed by atoms with Crippen LogP contribution in [0.25, 0.3) is 11.1 Å². The van der Waals surface area contributed by atoms with E-state index in [4.69, 9.17) is 9.84 Å². The second-order valence-corrected chi connectivity index (χ2v) is 10.3. The first-order valence-electron chi connectivity index (χ1n) is 13.7. The van der Waals surface area contributed by atoms with Crippen LogP contribution in [-0.4, -0.2) is 59.4 Å². The Kier molecular flexibility index (Phi) is 11.2. The molecular formula is C30H36N4O8. The predicted octanol–water partition coefficient (Wildman–Crippen LogP) is 2.42. The molecule has 2 aromatic rings. The van der Waals surface area contributed by atoms with Gasteiger partial charge in [-0.25, -0.2) is 10.2 Å². The summed E-state index contributed by atoms with van der Waals surface area (Å²) in [4.78, 5) is 72.1. The Morgan fingerprint density at radius 1 is 0.786 bits per heavy atom. The van der Waals surface area contributed by atoms with Gasteiger partial charge in [0.15, 0.2) is 5.78 Å². The monoisotopic (exact) mass is 580 g/mol. The summed E-state index contributed by atoms with van der Waals surface area (Å²) in [5.74, 6) is -4.10. The topological polar surface area (TPSA) is 180 Å². The van der Waals surface area contributed by atoms with Crippen molar-refractivity contribution in [2.24, 2.45) is 5.92 Å². The molecule has 3 unspecified atom stereocenters. The average Bonchev–Trinajstić information content (AvgIpc) is 3.27. The molecule has 5 N–H and O–H groups in total. The molecule has 1 aliphatic carbocycles. The van der Waals surface area contributed by atoms with Crippen LogP contribution in [0.5, 0.6) is 0 Å². The van der Waals surface area contributed by atoms with E-state index in [9.17, 15) is 28.8 Å². The number of nitrogens with one attached hydrogen (secondary N) is 4. The maximum absolute atomic E-state index is 12.6. The number of ether oxygens (including phenoxy) is 1. The lowest BCUT2D eigenvalue weighted by Gasteiger charge is -2.19. The van der Waals surface area contributed by atoms with Crippen LogP contribution in [0.3, 0.4) is 0 Å². The quantitative estimate of drug-likeness (QED) is 0.224. The van der Waals surface area contributed by atoms with Crippen molar-refractivity contribution >= 4 is 35.6 Å². The van der Waals surface area contributed by atoms with Crippen LogP contribution < -0.4 is 21.5 Å². The summed E-state index contributed by atoms with van der Waals surface area (Å²) >= 11 is 0. The zero-order valence-corrected chi connectivity index (χ0v) is 23.8. The lowest BCUT2D eigenvalue weighted by atomic mass is 9.98. The second-order valence-electron chi connectivity index (χ2n) is 10.3. The number of amides is 4. The number of carbonyl (C=O) groups is 6. The van der Waals surface area contributed by atoms with Crippen LogP contribution in [-0.2, 0) is 28.7 Å². The molecular weight excluding hydrogens is 544 g/mol. The maximum Gasteiger partial charge on any atom is 0.426 e. The first kappa shape index (κ1) is 31.8. The molecule has 42 heavy (non-hydrogen) atoms. The van der Waals surface area contributed by atoms with E-state index in [1.54, 1.807) is 0 Å². The number of hydrazine groups is 1. The van der Waals surface area contributed by atoms with Gasteiger partial charge in [-0.3, -0.25) is 29.4 Å². The number of benzene rings is 2. The highest BCUT2D eigenvalue weighted by molar-refractivity contribution is 5.94.